The summed E-state index contributed by atoms with van der Waals surface area (Å²) in [5, 5.41) is 5.73. The van der Waals surface area contributed by atoms with Gasteiger partial charge in [-0.1, -0.05) is 42.5 Å². The van der Waals surface area contributed by atoms with Crippen LogP contribution in [0.1, 0.15) is 36.1 Å². The summed E-state index contributed by atoms with van der Waals surface area (Å²) in [7, 11) is 1.59. The second-order valence-corrected chi connectivity index (χ2v) is 7.49. The Morgan fingerprint density at radius 1 is 0.969 bits per heavy atom. The number of benzene rings is 2. The predicted octanol–water partition coefficient (Wildman–Crippen LogP) is 2.79. The summed E-state index contributed by atoms with van der Waals surface area (Å²) in [5.41, 5.74) is 2.73. The molecule has 0 saturated heterocycles. The highest BCUT2D eigenvalue weighted by atomic mass is 16.5. The highest BCUT2D eigenvalue weighted by molar-refractivity contribution is 5.79. The van der Waals surface area contributed by atoms with Crippen LogP contribution in [0, 0.1) is 0 Å². The average molecular weight is 434 g/mol. The van der Waals surface area contributed by atoms with E-state index >= 15 is 0 Å². The Labute approximate surface area is 187 Å². The van der Waals surface area contributed by atoms with Gasteiger partial charge in [0, 0.05) is 25.7 Å². The Morgan fingerprint density at radius 2 is 1.66 bits per heavy atom. The number of nitrogens with zero attached hydrogens (tertiary/aromatic N) is 1. The van der Waals surface area contributed by atoms with Crippen molar-refractivity contribution in [1.29, 1.82) is 0 Å². The maximum atomic E-state index is 12.5. The van der Waals surface area contributed by atoms with Gasteiger partial charge in [-0.2, -0.15) is 0 Å². The van der Waals surface area contributed by atoms with E-state index in [4.69, 9.17) is 4.74 Å². The number of hydrogen-bond donors (Lipinski definition) is 2. The minimum Gasteiger partial charge on any atom is -0.497 e. The molecule has 1 heterocycles. The number of pyridine rings is 1. The van der Waals surface area contributed by atoms with E-state index in [0.717, 1.165) is 16.7 Å². The summed E-state index contributed by atoms with van der Waals surface area (Å²) < 4.78 is 6.80. The SMILES string of the molecule is COc1ccc(C(CC(=O)NCc2ccc(Cn3ccccc3=O)cc2)NC(C)=O)cc1. The fourth-order valence-corrected chi connectivity index (χ4v) is 3.34. The van der Waals surface area contributed by atoms with Gasteiger partial charge >= 0.3 is 0 Å². The van der Waals surface area contributed by atoms with Crippen LogP contribution in [0.3, 0.4) is 0 Å². The maximum absolute atomic E-state index is 12.5. The lowest BCUT2D eigenvalue weighted by molar-refractivity contribution is -0.122. The van der Waals surface area contributed by atoms with Gasteiger partial charge in [0.1, 0.15) is 5.75 Å². The van der Waals surface area contributed by atoms with Crippen molar-refractivity contribution in [3.05, 3.63) is 100.0 Å². The van der Waals surface area contributed by atoms with Crippen LogP contribution >= 0.6 is 0 Å². The monoisotopic (exact) mass is 433 g/mol. The lowest BCUT2D eigenvalue weighted by atomic mass is 10.0. The fraction of sp³-hybridized carbons (Fsp3) is 0.240. The molecule has 0 spiro atoms. The molecule has 1 unspecified atom stereocenters. The third kappa shape index (κ3) is 6.57. The molecule has 32 heavy (non-hydrogen) atoms. The van der Waals surface area contributed by atoms with Crippen molar-refractivity contribution in [3.63, 3.8) is 0 Å². The molecule has 2 N–H and O–H groups in total. The molecule has 1 aromatic heterocycles. The molecular weight excluding hydrogens is 406 g/mol. The lowest BCUT2D eigenvalue weighted by Gasteiger charge is -2.18. The van der Waals surface area contributed by atoms with E-state index in [2.05, 4.69) is 10.6 Å². The van der Waals surface area contributed by atoms with Crippen molar-refractivity contribution in [2.45, 2.75) is 32.5 Å². The Bertz CT molecular complexity index is 1110. The first kappa shape index (κ1) is 22.8. The number of ether oxygens (including phenoxy) is 1. The molecule has 0 bridgehead atoms. The van der Waals surface area contributed by atoms with Crippen LogP contribution < -0.4 is 20.9 Å². The van der Waals surface area contributed by atoms with Crippen LogP contribution in [-0.2, 0) is 22.7 Å². The van der Waals surface area contributed by atoms with Crippen LogP contribution in [0.4, 0.5) is 0 Å². The first-order chi connectivity index (χ1) is 15.4. The molecule has 0 aliphatic carbocycles. The summed E-state index contributed by atoms with van der Waals surface area (Å²) in [6.45, 7) is 2.30. The molecule has 3 rings (SSSR count). The van der Waals surface area contributed by atoms with E-state index in [1.54, 1.807) is 36.1 Å². The van der Waals surface area contributed by atoms with Crippen molar-refractivity contribution in [3.8, 4) is 5.75 Å². The first-order valence-electron chi connectivity index (χ1n) is 10.4. The number of methoxy groups -OCH3 is 1. The third-order valence-corrected chi connectivity index (χ3v) is 5.05. The highest BCUT2D eigenvalue weighted by Crippen LogP contribution is 2.20. The number of hydrogen-bond acceptors (Lipinski definition) is 4. The first-order valence-corrected chi connectivity index (χ1v) is 10.4. The molecule has 1 atom stereocenters. The molecule has 7 nitrogen and oxygen atoms in total. The number of nitrogens with one attached hydrogen (secondary N) is 2. The molecule has 0 saturated carbocycles. The number of aromatic nitrogens is 1. The van der Waals surface area contributed by atoms with Gasteiger partial charge in [-0.15, -0.1) is 0 Å². The van der Waals surface area contributed by atoms with Crippen LogP contribution in [0.15, 0.2) is 77.7 Å². The molecule has 0 radical (unpaired) electrons. The summed E-state index contributed by atoms with van der Waals surface area (Å²) in [5.74, 6) is 0.339. The van der Waals surface area contributed by atoms with Crippen molar-refractivity contribution >= 4 is 11.8 Å². The van der Waals surface area contributed by atoms with Gasteiger partial charge in [0.2, 0.25) is 11.8 Å². The van der Waals surface area contributed by atoms with Gasteiger partial charge in [0.05, 0.1) is 26.1 Å². The quantitative estimate of drug-likeness (QED) is 0.543. The molecule has 2 amide bonds. The average Bonchev–Trinajstić information content (AvgIpc) is 2.79. The van der Waals surface area contributed by atoms with E-state index in [1.165, 1.54) is 13.0 Å². The summed E-state index contributed by atoms with van der Waals surface area (Å²) in [4.78, 5) is 36.0. The largest absolute Gasteiger partial charge is 0.497 e. The Hall–Kier alpha value is -3.87. The van der Waals surface area contributed by atoms with Crippen LogP contribution in [0.2, 0.25) is 0 Å². The number of rotatable bonds is 9. The zero-order valence-corrected chi connectivity index (χ0v) is 18.2. The summed E-state index contributed by atoms with van der Waals surface area (Å²) in [6.07, 6.45) is 1.88. The molecule has 0 fully saturated rings. The maximum Gasteiger partial charge on any atom is 0.250 e. The summed E-state index contributed by atoms with van der Waals surface area (Å²) >= 11 is 0. The minimum absolute atomic E-state index is 0.0468. The smallest absolute Gasteiger partial charge is 0.250 e. The van der Waals surface area contributed by atoms with Crippen molar-refractivity contribution in [2.75, 3.05) is 7.11 Å². The summed E-state index contributed by atoms with van der Waals surface area (Å²) in [6, 6.07) is 19.7. The normalized spacial score (nSPS) is 11.4. The van der Waals surface area contributed by atoms with Crippen molar-refractivity contribution < 1.29 is 14.3 Å². The second-order valence-electron chi connectivity index (χ2n) is 7.49. The zero-order valence-electron chi connectivity index (χ0n) is 18.2. The van der Waals surface area contributed by atoms with Gasteiger partial charge in [0.15, 0.2) is 0 Å². The van der Waals surface area contributed by atoms with Crippen LogP contribution in [0.25, 0.3) is 0 Å². The molecule has 2 aromatic carbocycles. The molecule has 0 aliphatic heterocycles. The molecule has 3 aromatic rings. The minimum atomic E-state index is -0.426. The second kappa shape index (κ2) is 10.9. The Kier molecular flexibility index (Phi) is 7.80. The Balaban J connectivity index is 1.56. The van der Waals surface area contributed by atoms with Gasteiger partial charge in [-0.25, -0.2) is 0 Å². The van der Waals surface area contributed by atoms with Gasteiger partial charge in [-0.05, 0) is 34.9 Å². The topological polar surface area (TPSA) is 89.4 Å². The zero-order chi connectivity index (χ0) is 22.9. The van der Waals surface area contributed by atoms with Crippen molar-refractivity contribution in [2.24, 2.45) is 0 Å². The number of amides is 2. The predicted molar refractivity (Wildman–Crippen MR) is 122 cm³/mol. The lowest BCUT2D eigenvalue weighted by Crippen LogP contribution is -2.32. The van der Waals surface area contributed by atoms with Crippen LogP contribution in [0.5, 0.6) is 5.75 Å². The Morgan fingerprint density at radius 3 is 2.28 bits per heavy atom. The van der Waals surface area contributed by atoms with Gasteiger partial charge in [0.25, 0.3) is 5.56 Å². The van der Waals surface area contributed by atoms with Crippen LogP contribution in [-0.4, -0.2) is 23.5 Å². The van der Waals surface area contributed by atoms with E-state index in [1.807, 2.05) is 42.5 Å². The highest BCUT2D eigenvalue weighted by Gasteiger charge is 2.17. The van der Waals surface area contributed by atoms with E-state index in [-0.39, 0.29) is 23.8 Å². The molecule has 166 valence electrons. The fourth-order valence-electron chi connectivity index (χ4n) is 3.34. The van der Waals surface area contributed by atoms with E-state index in [9.17, 15) is 14.4 Å². The van der Waals surface area contributed by atoms with Gasteiger partial charge in [-0.3, -0.25) is 14.4 Å². The molecule has 0 aliphatic rings. The van der Waals surface area contributed by atoms with Crippen molar-refractivity contribution in [1.82, 2.24) is 15.2 Å². The number of carbonyl (C=O) groups is 2. The van der Waals surface area contributed by atoms with E-state index in [0.29, 0.717) is 18.8 Å². The number of carbonyl (C=O) groups excluding carboxylic acids is 2. The molecular formula is C25H27N3O4. The molecule has 7 heteroatoms. The standard InChI is InChI=1S/C25H27N3O4/c1-18(29)27-23(21-10-12-22(32-2)13-11-21)15-24(30)26-16-19-6-8-20(9-7-19)17-28-14-4-3-5-25(28)31/h3-14,23H,15-17H2,1-2H3,(H,26,30)(H,27,29). The van der Waals surface area contributed by atoms with Gasteiger partial charge < -0.3 is 19.9 Å². The van der Waals surface area contributed by atoms with E-state index < -0.39 is 6.04 Å². The third-order valence-electron chi connectivity index (χ3n) is 5.05.